The van der Waals surface area contributed by atoms with Crippen LogP contribution in [0.25, 0.3) is 11.1 Å². The third-order valence-corrected chi connectivity index (χ3v) is 5.81. The summed E-state index contributed by atoms with van der Waals surface area (Å²) in [5.74, 6) is 0.933. The molecule has 1 amide bonds. The normalized spacial score (nSPS) is 15.0. The van der Waals surface area contributed by atoms with Crippen molar-refractivity contribution in [2.24, 2.45) is 0 Å². The highest BCUT2D eigenvalue weighted by Gasteiger charge is 2.22. The minimum absolute atomic E-state index is 0.0432. The minimum atomic E-state index is 0.0432. The molecular formula is C21H23NO2S. The quantitative estimate of drug-likeness (QED) is 0.734. The monoisotopic (exact) mass is 353 g/mol. The molecule has 1 fully saturated rings. The summed E-state index contributed by atoms with van der Waals surface area (Å²) in [6.45, 7) is 5.20. The maximum absolute atomic E-state index is 11.7. The first-order valence-electron chi connectivity index (χ1n) is 8.52. The van der Waals surface area contributed by atoms with Gasteiger partial charge in [-0.2, -0.15) is 0 Å². The van der Waals surface area contributed by atoms with Crippen LogP contribution >= 0.6 is 11.8 Å². The maximum Gasteiger partial charge on any atom is 0.245 e. The van der Waals surface area contributed by atoms with E-state index in [1.54, 1.807) is 7.11 Å². The summed E-state index contributed by atoms with van der Waals surface area (Å²) in [5.41, 5.74) is 2.28. The number of rotatable bonds is 5. The van der Waals surface area contributed by atoms with E-state index in [-0.39, 0.29) is 5.91 Å². The van der Waals surface area contributed by atoms with Crippen molar-refractivity contribution in [2.45, 2.75) is 23.0 Å². The van der Waals surface area contributed by atoms with Crippen LogP contribution in [-0.2, 0) is 4.79 Å². The standard InChI is InChI=1S/C21H23NO2S/c1-3-21(23)22-13-11-17(12-14-22)25-18-8-6-7-16(15-18)19-9-4-5-10-20(19)24-2/h3-10,15,17H,1,11-14H2,2H3. The van der Waals surface area contributed by atoms with E-state index in [1.165, 1.54) is 16.5 Å². The van der Waals surface area contributed by atoms with Crippen LogP contribution in [-0.4, -0.2) is 36.3 Å². The zero-order chi connectivity index (χ0) is 17.6. The zero-order valence-corrected chi connectivity index (χ0v) is 15.3. The molecule has 0 saturated carbocycles. The topological polar surface area (TPSA) is 29.5 Å². The fraction of sp³-hybridized carbons (Fsp3) is 0.286. The Morgan fingerprint density at radius 1 is 1.20 bits per heavy atom. The largest absolute Gasteiger partial charge is 0.496 e. The van der Waals surface area contributed by atoms with Gasteiger partial charge in [0.05, 0.1) is 7.11 Å². The second-order valence-electron chi connectivity index (χ2n) is 6.07. The molecule has 0 N–H and O–H groups in total. The van der Waals surface area contributed by atoms with Crippen LogP contribution in [0.4, 0.5) is 0 Å². The molecule has 3 nitrogen and oxygen atoms in total. The van der Waals surface area contributed by atoms with Crippen molar-refractivity contribution in [1.82, 2.24) is 4.90 Å². The van der Waals surface area contributed by atoms with Gasteiger partial charge in [-0.15, -0.1) is 11.8 Å². The van der Waals surface area contributed by atoms with E-state index in [4.69, 9.17) is 4.74 Å². The second kappa shape index (κ2) is 8.26. The van der Waals surface area contributed by atoms with Crippen molar-refractivity contribution in [3.05, 3.63) is 61.2 Å². The summed E-state index contributed by atoms with van der Waals surface area (Å²) in [6.07, 6.45) is 3.44. The molecule has 25 heavy (non-hydrogen) atoms. The first-order chi connectivity index (χ1) is 12.2. The zero-order valence-electron chi connectivity index (χ0n) is 14.5. The fourth-order valence-corrected chi connectivity index (χ4v) is 4.32. The minimum Gasteiger partial charge on any atom is -0.496 e. The highest BCUT2D eigenvalue weighted by Crippen LogP contribution is 2.35. The molecule has 130 valence electrons. The van der Waals surface area contributed by atoms with Gasteiger partial charge in [-0.1, -0.05) is 36.9 Å². The number of benzene rings is 2. The maximum atomic E-state index is 11.7. The number of hydrogen-bond donors (Lipinski definition) is 0. The highest BCUT2D eigenvalue weighted by atomic mass is 32.2. The highest BCUT2D eigenvalue weighted by molar-refractivity contribution is 8.00. The Labute approximate surface area is 153 Å². The van der Waals surface area contributed by atoms with Gasteiger partial charge in [0.25, 0.3) is 0 Å². The van der Waals surface area contributed by atoms with Gasteiger partial charge < -0.3 is 9.64 Å². The van der Waals surface area contributed by atoms with Crippen LogP contribution < -0.4 is 4.74 Å². The van der Waals surface area contributed by atoms with Gasteiger partial charge in [0.1, 0.15) is 5.75 Å². The lowest BCUT2D eigenvalue weighted by Crippen LogP contribution is -2.38. The van der Waals surface area contributed by atoms with Crippen LogP contribution in [0.15, 0.2) is 66.1 Å². The number of nitrogens with zero attached hydrogens (tertiary/aromatic N) is 1. The number of ether oxygens (including phenoxy) is 1. The van der Waals surface area contributed by atoms with Crippen LogP contribution in [0.2, 0.25) is 0 Å². The van der Waals surface area contributed by atoms with Crippen molar-refractivity contribution in [3.63, 3.8) is 0 Å². The number of thioether (sulfide) groups is 1. The molecule has 0 aliphatic carbocycles. The predicted molar refractivity (Wildman–Crippen MR) is 104 cm³/mol. The molecule has 2 aromatic carbocycles. The molecule has 0 spiro atoms. The van der Waals surface area contributed by atoms with Crippen molar-refractivity contribution in [2.75, 3.05) is 20.2 Å². The first kappa shape index (κ1) is 17.6. The van der Waals surface area contributed by atoms with E-state index in [0.29, 0.717) is 5.25 Å². The Bertz CT molecular complexity index is 751. The lowest BCUT2D eigenvalue weighted by atomic mass is 10.1. The van der Waals surface area contributed by atoms with Gasteiger partial charge in [0.2, 0.25) is 5.91 Å². The summed E-state index contributed by atoms with van der Waals surface area (Å²) in [5, 5.41) is 0.543. The summed E-state index contributed by atoms with van der Waals surface area (Å²) in [7, 11) is 1.70. The van der Waals surface area contributed by atoms with E-state index >= 15 is 0 Å². The molecule has 1 saturated heterocycles. The number of hydrogen-bond acceptors (Lipinski definition) is 3. The Morgan fingerprint density at radius 3 is 2.68 bits per heavy atom. The number of methoxy groups -OCH3 is 1. The third-order valence-electron chi connectivity index (χ3n) is 4.48. The van der Waals surface area contributed by atoms with E-state index in [0.717, 1.165) is 37.2 Å². The molecule has 1 aliphatic rings. The average Bonchev–Trinajstić information content (AvgIpc) is 2.68. The summed E-state index contributed by atoms with van der Waals surface area (Å²) >= 11 is 1.90. The van der Waals surface area contributed by atoms with E-state index in [1.807, 2.05) is 34.9 Å². The average molecular weight is 353 g/mol. The number of likely N-dealkylation sites (tertiary alicyclic amines) is 1. The molecule has 2 aromatic rings. The summed E-state index contributed by atoms with van der Waals surface area (Å²) in [6, 6.07) is 16.7. The molecular weight excluding hydrogens is 330 g/mol. The Morgan fingerprint density at radius 2 is 1.96 bits per heavy atom. The molecule has 0 bridgehead atoms. The number of amides is 1. The van der Waals surface area contributed by atoms with E-state index < -0.39 is 0 Å². The van der Waals surface area contributed by atoms with Gasteiger partial charge in [0, 0.05) is 28.8 Å². The van der Waals surface area contributed by atoms with Gasteiger partial charge >= 0.3 is 0 Å². The van der Waals surface area contributed by atoms with Crippen molar-refractivity contribution >= 4 is 17.7 Å². The van der Waals surface area contributed by atoms with Gasteiger partial charge in [-0.05, 0) is 42.7 Å². The van der Waals surface area contributed by atoms with Crippen LogP contribution in [0.3, 0.4) is 0 Å². The Kier molecular flexibility index (Phi) is 5.82. The van der Waals surface area contributed by atoms with Crippen LogP contribution in [0.5, 0.6) is 5.75 Å². The third kappa shape index (κ3) is 4.26. The molecule has 0 atom stereocenters. The van der Waals surface area contributed by atoms with E-state index in [2.05, 4.69) is 36.9 Å². The number of piperidine rings is 1. The summed E-state index contributed by atoms with van der Waals surface area (Å²) in [4.78, 5) is 14.8. The van der Waals surface area contributed by atoms with E-state index in [9.17, 15) is 4.79 Å². The smallest absolute Gasteiger partial charge is 0.245 e. The van der Waals surface area contributed by atoms with Crippen molar-refractivity contribution in [1.29, 1.82) is 0 Å². The van der Waals surface area contributed by atoms with Crippen LogP contribution in [0.1, 0.15) is 12.8 Å². The molecule has 0 unspecified atom stereocenters. The number of carbonyl (C=O) groups is 1. The van der Waals surface area contributed by atoms with Gasteiger partial charge in [0.15, 0.2) is 0 Å². The second-order valence-corrected chi connectivity index (χ2v) is 7.45. The molecule has 1 heterocycles. The summed E-state index contributed by atoms with van der Waals surface area (Å²) < 4.78 is 5.48. The van der Waals surface area contributed by atoms with Gasteiger partial charge in [-0.3, -0.25) is 4.79 Å². The fourth-order valence-electron chi connectivity index (χ4n) is 3.14. The van der Waals surface area contributed by atoms with Gasteiger partial charge in [-0.25, -0.2) is 0 Å². The Hall–Kier alpha value is -2.20. The van der Waals surface area contributed by atoms with Crippen molar-refractivity contribution < 1.29 is 9.53 Å². The predicted octanol–water partition coefficient (Wildman–Crippen LogP) is 4.63. The SMILES string of the molecule is C=CC(=O)N1CCC(Sc2cccc(-c3ccccc3OC)c2)CC1. The lowest BCUT2D eigenvalue weighted by Gasteiger charge is -2.31. The van der Waals surface area contributed by atoms with Crippen molar-refractivity contribution in [3.8, 4) is 16.9 Å². The molecule has 4 heteroatoms. The number of carbonyl (C=O) groups excluding carboxylic acids is 1. The lowest BCUT2D eigenvalue weighted by molar-refractivity contribution is -0.126. The van der Waals surface area contributed by atoms with Crippen LogP contribution in [0, 0.1) is 0 Å². The molecule has 0 radical (unpaired) electrons. The molecule has 3 rings (SSSR count). The Balaban J connectivity index is 1.69. The number of para-hydroxylation sites is 1. The molecule has 1 aliphatic heterocycles. The molecule has 0 aromatic heterocycles. The first-order valence-corrected chi connectivity index (χ1v) is 9.40.